The zero-order chi connectivity index (χ0) is 20.7. The van der Waals surface area contributed by atoms with Gasteiger partial charge in [-0.05, 0) is 43.0 Å². The van der Waals surface area contributed by atoms with Crippen molar-refractivity contribution in [2.45, 2.75) is 12.8 Å². The van der Waals surface area contributed by atoms with Gasteiger partial charge in [0, 0.05) is 6.54 Å². The van der Waals surface area contributed by atoms with Crippen LogP contribution in [0.4, 0.5) is 16.7 Å². The molecule has 0 spiro atoms. The van der Waals surface area contributed by atoms with Crippen LogP contribution in [0.2, 0.25) is 0 Å². The molecule has 0 unspecified atom stereocenters. The summed E-state index contributed by atoms with van der Waals surface area (Å²) in [6.45, 7) is 0.607. The Bertz CT molecular complexity index is 924. The van der Waals surface area contributed by atoms with E-state index >= 15 is 0 Å². The Kier molecular flexibility index (Phi) is 6.56. The van der Waals surface area contributed by atoms with Crippen LogP contribution in [-0.2, 0) is 11.2 Å². The van der Waals surface area contributed by atoms with Gasteiger partial charge in [-0.1, -0.05) is 24.3 Å². The zero-order valence-electron chi connectivity index (χ0n) is 16.8. The molecule has 8 heteroatoms. The predicted molar refractivity (Wildman–Crippen MR) is 111 cm³/mol. The molecule has 1 aromatic heterocycles. The van der Waals surface area contributed by atoms with Crippen LogP contribution in [0.5, 0.6) is 5.75 Å². The van der Waals surface area contributed by atoms with Crippen molar-refractivity contribution in [3.63, 3.8) is 0 Å². The van der Waals surface area contributed by atoms with E-state index in [0.29, 0.717) is 18.3 Å². The molecule has 1 radical (unpaired) electrons. The maximum Gasteiger partial charge on any atom is 0.528 e. The first kappa shape index (κ1) is 20.5. The number of methoxy groups -OCH3 is 1. The van der Waals surface area contributed by atoms with Crippen LogP contribution in [0.25, 0.3) is 0 Å². The number of hydrogen-bond acceptors (Lipinski definition) is 7. The molecule has 0 aliphatic heterocycles. The number of anilines is 1. The molecule has 2 aromatic rings. The average Bonchev–Trinajstić information content (AvgIpc) is 2.75. The molecule has 8 nitrogen and oxygen atoms in total. The van der Waals surface area contributed by atoms with E-state index < -0.39 is 6.09 Å². The van der Waals surface area contributed by atoms with Gasteiger partial charge in [0.2, 0.25) is 5.95 Å². The number of nitrogens with one attached hydrogen (secondary N) is 1. The molecule has 0 atom stereocenters. The van der Waals surface area contributed by atoms with Gasteiger partial charge in [0.25, 0.3) is 0 Å². The lowest BCUT2D eigenvalue weighted by Crippen LogP contribution is -2.48. The van der Waals surface area contributed by atoms with Crippen LogP contribution in [0, 0.1) is 6.42 Å². The molecule has 1 N–H and O–H groups in total. The van der Waals surface area contributed by atoms with Gasteiger partial charge in [-0.2, -0.15) is 14.3 Å². The van der Waals surface area contributed by atoms with Crippen LogP contribution in [0.3, 0.4) is 0 Å². The fourth-order valence-corrected chi connectivity index (χ4v) is 2.73. The summed E-state index contributed by atoms with van der Waals surface area (Å²) in [5, 5.41) is 3.17. The minimum Gasteiger partial charge on any atom is -0.496 e. The third-order valence-corrected chi connectivity index (χ3v) is 4.44. The van der Waals surface area contributed by atoms with Crippen molar-refractivity contribution < 1.29 is 14.3 Å². The number of para-hydroxylation sites is 1. The van der Waals surface area contributed by atoms with Crippen LogP contribution in [-0.4, -0.2) is 48.8 Å². The van der Waals surface area contributed by atoms with Crippen LogP contribution in [0.15, 0.2) is 54.6 Å². The zero-order valence-corrected chi connectivity index (χ0v) is 16.8. The van der Waals surface area contributed by atoms with Gasteiger partial charge in [-0.25, -0.2) is 4.98 Å². The number of amides is 1. The molecule has 3 rings (SSSR count). The topological polar surface area (TPSA) is 86.2 Å². The van der Waals surface area contributed by atoms with Gasteiger partial charge in [0.05, 0.1) is 21.2 Å². The van der Waals surface area contributed by atoms with E-state index in [1.807, 2.05) is 42.8 Å². The summed E-state index contributed by atoms with van der Waals surface area (Å²) < 4.78 is 10.6. The van der Waals surface area contributed by atoms with E-state index in [1.165, 1.54) is 6.33 Å². The average molecular weight is 395 g/mol. The number of carbonyl (C=O) groups excluding carboxylic acids is 1. The van der Waals surface area contributed by atoms with Gasteiger partial charge >= 0.3 is 12.0 Å². The highest BCUT2D eigenvalue weighted by atomic mass is 16.6. The number of quaternary nitrogens is 1. The van der Waals surface area contributed by atoms with E-state index in [9.17, 15) is 4.79 Å². The lowest BCUT2D eigenvalue weighted by Gasteiger charge is -2.22. The molecule has 0 bridgehead atoms. The van der Waals surface area contributed by atoms with Crippen molar-refractivity contribution in [1.29, 1.82) is 0 Å². The first-order valence-electron chi connectivity index (χ1n) is 9.32. The molecule has 0 fully saturated rings. The van der Waals surface area contributed by atoms with Crippen molar-refractivity contribution in [2.75, 3.05) is 33.1 Å². The molecule has 1 aliphatic carbocycles. The first-order chi connectivity index (χ1) is 14.0. The summed E-state index contributed by atoms with van der Waals surface area (Å²) in [6.07, 6.45) is 9.81. The fraction of sp³-hybridized carbons (Fsp3) is 0.286. The Labute approximate surface area is 170 Å². The lowest BCUT2D eigenvalue weighted by atomic mass is 10.1. The number of nitrogens with zero attached hydrogens (tertiary/aromatic N) is 4. The number of hydrogen-bond donors (Lipinski definition) is 1. The highest BCUT2D eigenvalue weighted by Gasteiger charge is 2.36. The Balaban J connectivity index is 1.64. The quantitative estimate of drug-likeness (QED) is 0.720. The Hall–Kier alpha value is -3.26. The van der Waals surface area contributed by atoms with Crippen molar-refractivity contribution in [2.24, 2.45) is 0 Å². The molecular formula is C21H25N5O3+. The van der Waals surface area contributed by atoms with Gasteiger partial charge in [-0.15, -0.1) is 4.98 Å². The number of rotatable bonds is 7. The molecular weight excluding hydrogens is 370 g/mol. The summed E-state index contributed by atoms with van der Waals surface area (Å²) in [5.41, 5.74) is 1.09. The highest BCUT2D eigenvalue weighted by Crippen LogP contribution is 2.20. The molecule has 29 heavy (non-hydrogen) atoms. The van der Waals surface area contributed by atoms with Crippen LogP contribution >= 0.6 is 0 Å². The number of ether oxygens (including phenoxy) is 2. The molecule has 151 valence electrons. The molecule has 1 amide bonds. The fourth-order valence-electron chi connectivity index (χ4n) is 2.73. The molecule has 1 aromatic carbocycles. The van der Waals surface area contributed by atoms with Gasteiger partial charge in [-0.3, -0.25) is 0 Å². The van der Waals surface area contributed by atoms with Crippen LogP contribution in [0.1, 0.15) is 12.0 Å². The van der Waals surface area contributed by atoms with Gasteiger partial charge in [0.1, 0.15) is 17.8 Å². The molecule has 0 saturated heterocycles. The lowest BCUT2D eigenvalue weighted by molar-refractivity contribution is 0.148. The van der Waals surface area contributed by atoms with E-state index in [0.717, 1.165) is 24.2 Å². The van der Waals surface area contributed by atoms with Crippen molar-refractivity contribution >= 4 is 18.0 Å². The number of carbonyl (C=O) groups is 1. The van der Waals surface area contributed by atoms with E-state index in [-0.39, 0.29) is 10.4 Å². The normalized spacial score (nSPS) is 13.6. The SMILES string of the molecule is COc1ccccc1CCNc1ncnc([N+](C)(C)C(=O)OC2=CC[CH]C=C2)n1. The summed E-state index contributed by atoms with van der Waals surface area (Å²) in [5.74, 6) is 2.05. The minimum absolute atomic E-state index is 0.265. The van der Waals surface area contributed by atoms with Crippen molar-refractivity contribution in [3.05, 3.63) is 66.6 Å². The Morgan fingerprint density at radius 2 is 2.07 bits per heavy atom. The smallest absolute Gasteiger partial charge is 0.496 e. The number of benzene rings is 1. The monoisotopic (exact) mass is 395 g/mol. The maximum atomic E-state index is 12.6. The summed E-state index contributed by atoms with van der Waals surface area (Å²) in [6, 6.07) is 7.85. The van der Waals surface area contributed by atoms with E-state index in [4.69, 9.17) is 9.47 Å². The second-order valence-electron chi connectivity index (χ2n) is 6.86. The molecule has 0 saturated carbocycles. The Morgan fingerprint density at radius 3 is 2.83 bits per heavy atom. The maximum absolute atomic E-state index is 12.6. The highest BCUT2D eigenvalue weighted by molar-refractivity contribution is 5.80. The summed E-state index contributed by atoms with van der Waals surface area (Å²) >= 11 is 0. The van der Waals surface area contributed by atoms with E-state index in [2.05, 4.69) is 20.3 Å². The molecule has 1 heterocycles. The van der Waals surface area contributed by atoms with E-state index in [1.54, 1.807) is 27.3 Å². The number of allylic oxidation sites excluding steroid dienone is 3. The molecule has 1 aliphatic rings. The largest absolute Gasteiger partial charge is 0.528 e. The first-order valence-corrected chi connectivity index (χ1v) is 9.32. The number of aromatic nitrogens is 3. The summed E-state index contributed by atoms with van der Waals surface area (Å²) in [7, 11) is 5.01. The standard InChI is InChI=1S/C21H25N5O3/c1-26(2,21(27)29-17-10-5-4-6-11-17)20-24-15-23-19(25-20)22-14-13-16-9-7-8-12-18(16)28-3/h4-5,7-12,15H,6,13-14H2,1-3H3,(H,22,23,24,25)/q+1. The second-order valence-corrected chi connectivity index (χ2v) is 6.86. The van der Waals surface area contributed by atoms with Gasteiger partial charge < -0.3 is 14.8 Å². The van der Waals surface area contributed by atoms with Crippen molar-refractivity contribution in [1.82, 2.24) is 19.4 Å². The van der Waals surface area contributed by atoms with Crippen LogP contribution < -0.4 is 14.5 Å². The third-order valence-electron chi connectivity index (χ3n) is 4.44. The predicted octanol–water partition coefficient (Wildman–Crippen LogP) is 3.29. The van der Waals surface area contributed by atoms with Gasteiger partial charge in [0.15, 0.2) is 0 Å². The second kappa shape index (κ2) is 9.29. The van der Waals surface area contributed by atoms with Crippen molar-refractivity contribution in [3.8, 4) is 5.75 Å². The summed E-state index contributed by atoms with van der Waals surface area (Å²) in [4.78, 5) is 25.4. The Morgan fingerprint density at radius 1 is 1.24 bits per heavy atom. The minimum atomic E-state index is -0.478. The third kappa shape index (κ3) is 5.17.